The molecule has 0 heterocycles. The molecule has 0 saturated heterocycles. The van der Waals surface area contributed by atoms with Gasteiger partial charge in [0.15, 0.2) is 6.10 Å². The predicted molar refractivity (Wildman–Crippen MR) is 270 cm³/mol. The van der Waals surface area contributed by atoms with E-state index in [0.717, 1.165) is 96.3 Å². The van der Waals surface area contributed by atoms with Crippen LogP contribution < -0.4 is 0 Å². The fourth-order valence-corrected chi connectivity index (χ4v) is 6.86. The highest BCUT2D eigenvalue weighted by Crippen LogP contribution is 2.13. The van der Waals surface area contributed by atoms with Gasteiger partial charge in [0.25, 0.3) is 0 Å². The second-order valence-corrected chi connectivity index (χ2v) is 17.1. The maximum Gasteiger partial charge on any atom is 0.306 e. The van der Waals surface area contributed by atoms with E-state index in [-0.39, 0.29) is 31.1 Å². The fraction of sp³-hybridized carbons (Fsp3) is 0.702. The Labute approximate surface area is 388 Å². The third-order valence-corrected chi connectivity index (χ3v) is 10.8. The van der Waals surface area contributed by atoms with Crippen molar-refractivity contribution in [2.45, 2.75) is 245 Å². The molecule has 0 aliphatic heterocycles. The van der Waals surface area contributed by atoms with E-state index in [1.807, 2.05) is 0 Å². The van der Waals surface area contributed by atoms with Crippen molar-refractivity contribution in [3.63, 3.8) is 0 Å². The first kappa shape index (κ1) is 59.6. The van der Waals surface area contributed by atoms with Gasteiger partial charge in [-0.2, -0.15) is 0 Å². The standard InChI is InChI=1S/C57H96O6/c1-4-7-10-13-16-19-22-25-28-31-34-37-40-43-46-49-55(58)61-52-54(63-57(60)51-48-45-42-39-36-33-30-27-24-21-18-15-12-9-6-3)53-62-56(59)50-47-44-41-38-35-32-29-26-23-20-17-14-11-8-5-2/h16-17,19-20,25-30,34-35,37-38,54H,4-15,18,21-24,31-33,36,39-53H2,1-3H3/b19-16-,20-17-,28-25-,29-26-,30-27-,37-34-,38-35-. The molecule has 0 aromatic rings. The summed E-state index contributed by atoms with van der Waals surface area (Å²) in [5, 5.41) is 0. The molecule has 360 valence electrons. The number of esters is 3. The number of ether oxygens (including phenoxy) is 3. The van der Waals surface area contributed by atoms with Crippen molar-refractivity contribution >= 4 is 17.9 Å². The van der Waals surface area contributed by atoms with Crippen LogP contribution in [0.1, 0.15) is 239 Å². The lowest BCUT2D eigenvalue weighted by molar-refractivity contribution is -0.167. The first-order chi connectivity index (χ1) is 31.0. The molecular weight excluding hydrogens is 781 g/mol. The molecule has 0 saturated carbocycles. The van der Waals surface area contributed by atoms with Crippen molar-refractivity contribution in [3.05, 3.63) is 85.1 Å². The van der Waals surface area contributed by atoms with E-state index in [4.69, 9.17) is 14.2 Å². The van der Waals surface area contributed by atoms with E-state index in [1.54, 1.807) is 0 Å². The highest BCUT2D eigenvalue weighted by molar-refractivity contribution is 5.71. The van der Waals surface area contributed by atoms with Gasteiger partial charge in [-0.25, -0.2) is 0 Å². The van der Waals surface area contributed by atoms with Crippen LogP contribution in [-0.2, 0) is 28.6 Å². The van der Waals surface area contributed by atoms with Gasteiger partial charge in [-0.1, -0.05) is 183 Å². The van der Waals surface area contributed by atoms with Crippen molar-refractivity contribution in [1.29, 1.82) is 0 Å². The summed E-state index contributed by atoms with van der Waals surface area (Å²) in [6.45, 7) is 6.49. The molecule has 0 rings (SSSR count). The Hall–Kier alpha value is -3.41. The summed E-state index contributed by atoms with van der Waals surface area (Å²) in [6, 6.07) is 0. The van der Waals surface area contributed by atoms with Crippen LogP contribution in [0.15, 0.2) is 85.1 Å². The van der Waals surface area contributed by atoms with E-state index in [2.05, 4.69) is 106 Å². The van der Waals surface area contributed by atoms with Gasteiger partial charge in [-0.05, 0) is 122 Å². The number of carbonyl (C=O) groups excluding carboxylic acids is 3. The van der Waals surface area contributed by atoms with E-state index >= 15 is 0 Å². The average Bonchev–Trinajstić information content (AvgIpc) is 3.28. The zero-order valence-corrected chi connectivity index (χ0v) is 41.1. The first-order valence-electron chi connectivity index (χ1n) is 26.1. The molecule has 63 heavy (non-hydrogen) atoms. The van der Waals surface area contributed by atoms with E-state index in [1.165, 1.54) is 103 Å². The fourth-order valence-electron chi connectivity index (χ4n) is 6.86. The second kappa shape index (κ2) is 51.2. The quantitative estimate of drug-likeness (QED) is 0.0262. The van der Waals surface area contributed by atoms with Crippen LogP contribution in [0.3, 0.4) is 0 Å². The Balaban J connectivity index is 4.53. The SMILES string of the molecule is CCCCC/C=C\C/C=C\C/C=C\CCCCC(=O)OCC(COC(=O)CCCC/C=C\C/C=C\C/C=C\CCCCC)OC(=O)CCCCCCC/C=C\CCCCCCCC. The number of unbranched alkanes of at least 4 members (excludes halogenated alkanes) is 21. The van der Waals surface area contributed by atoms with Gasteiger partial charge < -0.3 is 14.2 Å². The maximum atomic E-state index is 12.8. The molecule has 0 fully saturated rings. The molecule has 0 aromatic heterocycles. The largest absolute Gasteiger partial charge is 0.462 e. The van der Waals surface area contributed by atoms with E-state index in [9.17, 15) is 14.4 Å². The molecular formula is C57H96O6. The molecule has 0 unspecified atom stereocenters. The summed E-state index contributed by atoms with van der Waals surface area (Å²) in [6.07, 6.45) is 65.6. The van der Waals surface area contributed by atoms with Crippen molar-refractivity contribution in [2.24, 2.45) is 0 Å². The number of allylic oxidation sites excluding steroid dienone is 14. The Kier molecular flexibility index (Phi) is 48.5. The molecule has 6 nitrogen and oxygen atoms in total. The molecule has 0 aromatic carbocycles. The van der Waals surface area contributed by atoms with Crippen LogP contribution in [0, 0.1) is 0 Å². The van der Waals surface area contributed by atoms with E-state index in [0.29, 0.717) is 19.3 Å². The van der Waals surface area contributed by atoms with Crippen molar-refractivity contribution in [2.75, 3.05) is 13.2 Å². The lowest BCUT2D eigenvalue weighted by Crippen LogP contribution is -2.30. The summed E-state index contributed by atoms with van der Waals surface area (Å²) in [5.74, 6) is -0.995. The average molecular weight is 877 g/mol. The van der Waals surface area contributed by atoms with Gasteiger partial charge in [0, 0.05) is 19.3 Å². The van der Waals surface area contributed by atoms with Crippen molar-refractivity contribution < 1.29 is 28.6 Å². The smallest absolute Gasteiger partial charge is 0.306 e. The summed E-state index contributed by atoms with van der Waals surface area (Å²) >= 11 is 0. The Bertz CT molecular complexity index is 1170. The third kappa shape index (κ3) is 49.5. The van der Waals surface area contributed by atoms with Crippen molar-refractivity contribution in [1.82, 2.24) is 0 Å². The zero-order valence-electron chi connectivity index (χ0n) is 41.1. The van der Waals surface area contributed by atoms with E-state index < -0.39 is 6.10 Å². The molecule has 0 aliphatic carbocycles. The van der Waals surface area contributed by atoms with Crippen LogP contribution in [0.2, 0.25) is 0 Å². The third-order valence-electron chi connectivity index (χ3n) is 10.8. The number of carbonyl (C=O) groups is 3. The number of hydrogen-bond acceptors (Lipinski definition) is 6. The maximum absolute atomic E-state index is 12.8. The Morgan fingerprint density at radius 1 is 0.317 bits per heavy atom. The zero-order chi connectivity index (χ0) is 45.8. The van der Waals surface area contributed by atoms with Gasteiger partial charge >= 0.3 is 17.9 Å². The normalized spacial score (nSPS) is 12.3. The minimum atomic E-state index is -0.811. The summed E-state index contributed by atoms with van der Waals surface area (Å²) in [5.41, 5.74) is 0. The van der Waals surface area contributed by atoms with Crippen LogP contribution in [-0.4, -0.2) is 37.2 Å². The Morgan fingerprint density at radius 3 is 0.968 bits per heavy atom. The van der Waals surface area contributed by atoms with Crippen LogP contribution >= 0.6 is 0 Å². The van der Waals surface area contributed by atoms with Gasteiger partial charge in [0.1, 0.15) is 13.2 Å². The summed E-state index contributed by atoms with van der Waals surface area (Å²) < 4.78 is 16.7. The molecule has 6 heteroatoms. The first-order valence-corrected chi connectivity index (χ1v) is 26.1. The molecule has 0 amide bonds. The lowest BCUT2D eigenvalue weighted by Gasteiger charge is -2.18. The minimum absolute atomic E-state index is 0.112. The molecule has 0 spiro atoms. The second-order valence-electron chi connectivity index (χ2n) is 17.1. The Morgan fingerprint density at radius 2 is 0.571 bits per heavy atom. The topological polar surface area (TPSA) is 78.9 Å². The predicted octanol–water partition coefficient (Wildman–Crippen LogP) is 17.2. The monoisotopic (exact) mass is 877 g/mol. The van der Waals surface area contributed by atoms with Crippen LogP contribution in [0.4, 0.5) is 0 Å². The van der Waals surface area contributed by atoms with Crippen LogP contribution in [0.5, 0.6) is 0 Å². The van der Waals surface area contributed by atoms with Gasteiger partial charge in [0.2, 0.25) is 0 Å². The molecule has 0 atom stereocenters. The van der Waals surface area contributed by atoms with Gasteiger partial charge in [0.05, 0.1) is 0 Å². The van der Waals surface area contributed by atoms with Gasteiger partial charge in [-0.15, -0.1) is 0 Å². The van der Waals surface area contributed by atoms with Crippen molar-refractivity contribution in [3.8, 4) is 0 Å². The summed E-state index contributed by atoms with van der Waals surface area (Å²) in [7, 11) is 0. The highest BCUT2D eigenvalue weighted by Gasteiger charge is 2.19. The number of rotatable bonds is 46. The highest BCUT2D eigenvalue weighted by atomic mass is 16.6. The molecule has 0 radical (unpaired) electrons. The molecule has 0 aliphatic rings. The van der Waals surface area contributed by atoms with Crippen LogP contribution in [0.25, 0.3) is 0 Å². The lowest BCUT2D eigenvalue weighted by atomic mass is 10.1. The molecule has 0 bridgehead atoms. The minimum Gasteiger partial charge on any atom is -0.462 e. The summed E-state index contributed by atoms with van der Waals surface area (Å²) in [4.78, 5) is 38.0. The number of hydrogen-bond donors (Lipinski definition) is 0. The molecule has 0 N–H and O–H groups in total. The van der Waals surface area contributed by atoms with Gasteiger partial charge in [-0.3, -0.25) is 14.4 Å².